The van der Waals surface area contributed by atoms with Gasteiger partial charge in [0.25, 0.3) is 5.56 Å². The highest BCUT2D eigenvalue weighted by Crippen LogP contribution is 2.09. The third kappa shape index (κ3) is 2.96. The number of hydrogen-bond acceptors (Lipinski definition) is 3. The Hall–Kier alpha value is -1.13. The van der Waals surface area contributed by atoms with Gasteiger partial charge in [-0.1, -0.05) is 18.5 Å². The summed E-state index contributed by atoms with van der Waals surface area (Å²) < 4.78 is 1.70. The molecule has 0 atom stereocenters. The van der Waals surface area contributed by atoms with Crippen molar-refractivity contribution in [2.45, 2.75) is 26.3 Å². The molecule has 17 heavy (non-hydrogen) atoms. The Kier molecular flexibility index (Phi) is 3.97. The van der Waals surface area contributed by atoms with E-state index in [9.17, 15) is 4.79 Å². The van der Waals surface area contributed by atoms with Crippen LogP contribution in [0.4, 0.5) is 0 Å². The number of halogens is 1. The molecular formula is C12H13ClN2OS. The summed E-state index contributed by atoms with van der Waals surface area (Å²) in [5, 5.41) is 4.41. The van der Waals surface area contributed by atoms with Crippen LogP contribution >= 0.6 is 22.9 Å². The van der Waals surface area contributed by atoms with E-state index in [-0.39, 0.29) is 10.7 Å². The smallest absolute Gasteiger partial charge is 0.254 e. The number of rotatable bonds is 4. The van der Waals surface area contributed by atoms with E-state index in [0.717, 1.165) is 12.2 Å². The first kappa shape index (κ1) is 12.3. The molecule has 0 spiro atoms. The standard InChI is InChI=1S/C12H13ClN2OS/c1-2-11-14-10(13)7-12(16)15(11)5-3-9-4-6-17-8-9/h4,6-8H,2-3,5H2,1H3. The molecule has 0 bridgehead atoms. The molecule has 0 aromatic carbocycles. The van der Waals surface area contributed by atoms with Gasteiger partial charge in [-0.15, -0.1) is 0 Å². The van der Waals surface area contributed by atoms with Gasteiger partial charge in [-0.05, 0) is 28.8 Å². The molecule has 0 amide bonds. The van der Waals surface area contributed by atoms with Crippen molar-refractivity contribution in [1.29, 1.82) is 0 Å². The summed E-state index contributed by atoms with van der Waals surface area (Å²) in [5.74, 6) is 0.748. The molecule has 0 unspecified atom stereocenters. The van der Waals surface area contributed by atoms with Crippen LogP contribution in [-0.2, 0) is 19.4 Å². The number of aromatic nitrogens is 2. The van der Waals surface area contributed by atoms with Crippen LogP contribution in [0.25, 0.3) is 0 Å². The first-order chi connectivity index (χ1) is 8.20. The maximum atomic E-state index is 11.8. The van der Waals surface area contributed by atoms with Crippen molar-refractivity contribution in [2.75, 3.05) is 0 Å². The van der Waals surface area contributed by atoms with Gasteiger partial charge in [0.15, 0.2) is 0 Å². The Balaban J connectivity index is 2.23. The van der Waals surface area contributed by atoms with Gasteiger partial charge >= 0.3 is 0 Å². The molecular weight excluding hydrogens is 256 g/mol. The van der Waals surface area contributed by atoms with Gasteiger partial charge in [0.2, 0.25) is 0 Å². The van der Waals surface area contributed by atoms with Crippen LogP contribution < -0.4 is 5.56 Å². The normalized spacial score (nSPS) is 10.7. The van der Waals surface area contributed by atoms with Crippen LogP contribution in [0.1, 0.15) is 18.3 Å². The zero-order chi connectivity index (χ0) is 12.3. The summed E-state index contributed by atoms with van der Waals surface area (Å²) in [7, 11) is 0. The molecule has 5 heteroatoms. The molecule has 0 fully saturated rings. The lowest BCUT2D eigenvalue weighted by atomic mass is 10.2. The Morgan fingerprint density at radius 2 is 2.35 bits per heavy atom. The fourth-order valence-corrected chi connectivity index (χ4v) is 2.60. The number of hydrogen-bond donors (Lipinski definition) is 0. The number of aryl methyl sites for hydroxylation is 2. The minimum absolute atomic E-state index is 0.0721. The van der Waals surface area contributed by atoms with E-state index >= 15 is 0 Å². The molecule has 2 heterocycles. The zero-order valence-corrected chi connectivity index (χ0v) is 11.1. The largest absolute Gasteiger partial charge is 0.296 e. The van der Waals surface area contributed by atoms with Crippen molar-refractivity contribution in [2.24, 2.45) is 0 Å². The van der Waals surface area contributed by atoms with Crippen molar-refractivity contribution in [3.63, 3.8) is 0 Å². The molecule has 0 saturated carbocycles. The van der Waals surface area contributed by atoms with Gasteiger partial charge in [0.05, 0.1) is 0 Å². The van der Waals surface area contributed by atoms with Crippen molar-refractivity contribution in [3.8, 4) is 0 Å². The van der Waals surface area contributed by atoms with E-state index in [0.29, 0.717) is 13.0 Å². The Morgan fingerprint density at radius 3 is 3.00 bits per heavy atom. The van der Waals surface area contributed by atoms with Crippen LogP contribution in [0.5, 0.6) is 0 Å². The first-order valence-corrected chi connectivity index (χ1v) is 6.80. The second-order valence-electron chi connectivity index (χ2n) is 3.72. The summed E-state index contributed by atoms with van der Waals surface area (Å²) in [4.78, 5) is 16.0. The first-order valence-electron chi connectivity index (χ1n) is 5.48. The average molecular weight is 269 g/mol. The third-order valence-corrected chi connectivity index (χ3v) is 3.50. The van der Waals surface area contributed by atoms with E-state index < -0.39 is 0 Å². The lowest BCUT2D eigenvalue weighted by Gasteiger charge is -2.10. The molecule has 2 rings (SSSR count). The van der Waals surface area contributed by atoms with Crippen LogP contribution in [0.2, 0.25) is 5.15 Å². The van der Waals surface area contributed by atoms with E-state index in [1.54, 1.807) is 15.9 Å². The summed E-state index contributed by atoms with van der Waals surface area (Å²) in [5.41, 5.74) is 1.18. The van der Waals surface area contributed by atoms with Crippen molar-refractivity contribution in [1.82, 2.24) is 9.55 Å². The second kappa shape index (κ2) is 5.47. The minimum Gasteiger partial charge on any atom is -0.296 e. The van der Waals surface area contributed by atoms with Gasteiger partial charge in [0, 0.05) is 19.0 Å². The molecule has 90 valence electrons. The molecule has 2 aromatic heterocycles. The molecule has 0 radical (unpaired) electrons. The van der Waals surface area contributed by atoms with Crippen LogP contribution in [0.15, 0.2) is 27.7 Å². The molecule has 0 N–H and O–H groups in total. The third-order valence-electron chi connectivity index (χ3n) is 2.58. The minimum atomic E-state index is -0.0721. The molecule has 2 aromatic rings. The maximum Gasteiger partial charge on any atom is 0.254 e. The van der Waals surface area contributed by atoms with Gasteiger partial charge in [-0.3, -0.25) is 9.36 Å². The SMILES string of the molecule is CCc1nc(Cl)cc(=O)n1CCc1ccsc1. The van der Waals surface area contributed by atoms with E-state index in [4.69, 9.17) is 11.6 Å². The number of thiophene rings is 1. The molecule has 0 saturated heterocycles. The van der Waals surface area contributed by atoms with Gasteiger partial charge < -0.3 is 0 Å². The lowest BCUT2D eigenvalue weighted by Crippen LogP contribution is -2.25. The summed E-state index contributed by atoms with van der Waals surface area (Å²) in [6, 6.07) is 3.44. The Bertz CT molecular complexity index is 548. The highest BCUT2D eigenvalue weighted by atomic mass is 35.5. The van der Waals surface area contributed by atoms with Gasteiger partial charge in [0.1, 0.15) is 11.0 Å². The molecule has 0 aliphatic carbocycles. The second-order valence-corrected chi connectivity index (χ2v) is 4.89. The van der Waals surface area contributed by atoms with E-state index in [2.05, 4.69) is 16.4 Å². The van der Waals surface area contributed by atoms with Crippen LogP contribution in [0, 0.1) is 0 Å². The fourth-order valence-electron chi connectivity index (χ4n) is 1.71. The highest BCUT2D eigenvalue weighted by Gasteiger charge is 2.06. The van der Waals surface area contributed by atoms with Crippen molar-refractivity contribution >= 4 is 22.9 Å². The molecule has 0 aliphatic heterocycles. The maximum absolute atomic E-state index is 11.8. The summed E-state index contributed by atoms with van der Waals surface area (Å²) in [6.45, 7) is 2.63. The van der Waals surface area contributed by atoms with E-state index in [1.807, 2.05) is 12.3 Å². The lowest BCUT2D eigenvalue weighted by molar-refractivity contribution is 0.614. The Labute approximate surface area is 109 Å². The van der Waals surface area contributed by atoms with Crippen LogP contribution in [0.3, 0.4) is 0 Å². The quantitative estimate of drug-likeness (QED) is 0.799. The van der Waals surface area contributed by atoms with E-state index in [1.165, 1.54) is 11.6 Å². The van der Waals surface area contributed by atoms with Crippen molar-refractivity contribution < 1.29 is 0 Å². The fraction of sp³-hybridized carbons (Fsp3) is 0.333. The molecule has 3 nitrogen and oxygen atoms in total. The van der Waals surface area contributed by atoms with Crippen molar-refractivity contribution in [3.05, 3.63) is 49.8 Å². The predicted octanol–water partition coefficient (Wildman–Crippen LogP) is 2.76. The number of nitrogens with zero attached hydrogens (tertiary/aromatic N) is 2. The predicted molar refractivity (Wildman–Crippen MR) is 70.9 cm³/mol. The average Bonchev–Trinajstić information content (AvgIpc) is 2.79. The Morgan fingerprint density at radius 1 is 1.53 bits per heavy atom. The van der Waals surface area contributed by atoms with Crippen LogP contribution in [-0.4, -0.2) is 9.55 Å². The highest BCUT2D eigenvalue weighted by molar-refractivity contribution is 7.07. The summed E-state index contributed by atoms with van der Waals surface area (Å²) in [6.07, 6.45) is 1.55. The zero-order valence-electron chi connectivity index (χ0n) is 9.52. The molecule has 0 aliphatic rings. The summed E-state index contributed by atoms with van der Waals surface area (Å²) >= 11 is 7.45. The van der Waals surface area contributed by atoms with Gasteiger partial charge in [-0.25, -0.2) is 4.98 Å². The topological polar surface area (TPSA) is 34.9 Å². The monoisotopic (exact) mass is 268 g/mol. The van der Waals surface area contributed by atoms with Gasteiger partial charge in [-0.2, -0.15) is 11.3 Å².